The number of esters is 1. The maximum Gasteiger partial charge on any atom is 0.323 e. The first-order valence-corrected chi connectivity index (χ1v) is 7.94. The van der Waals surface area contributed by atoms with Crippen LogP contribution in [0.5, 0.6) is 0 Å². The van der Waals surface area contributed by atoms with Crippen LogP contribution in [0.15, 0.2) is 0 Å². The van der Waals surface area contributed by atoms with Crippen LogP contribution in [0.25, 0.3) is 0 Å². The minimum Gasteiger partial charge on any atom is -0.468 e. The summed E-state index contributed by atoms with van der Waals surface area (Å²) in [5, 5.41) is 3.44. The number of methoxy groups -OCH3 is 1. The second-order valence-electron chi connectivity index (χ2n) is 5.08. The van der Waals surface area contributed by atoms with Gasteiger partial charge in [0, 0.05) is 4.88 Å². The van der Waals surface area contributed by atoms with Crippen molar-refractivity contribution in [2.24, 2.45) is 0 Å². The summed E-state index contributed by atoms with van der Waals surface area (Å²) in [5.74, 6) is -0.402. The molecule has 1 N–H and O–H groups in total. The van der Waals surface area contributed by atoms with E-state index in [2.05, 4.69) is 10.3 Å². The molecule has 0 radical (unpaired) electrons. The van der Waals surface area contributed by atoms with Gasteiger partial charge in [-0.1, -0.05) is 6.92 Å². The van der Waals surface area contributed by atoms with E-state index in [0.29, 0.717) is 5.13 Å². The molecule has 0 bridgehead atoms. The van der Waals surface area contributed by atoms with Gasteiger partial charge in [-0.05, 0) is 32.7 Å². The summed E-state index contributed by atoms with van der Waals surface area (Å²) in [6, 6.07) is -0.301. The highest BCUT2D eigenvalue weighted by Crippen LogP contribution is 2.23. The highest BCUT2D eigenvalue weighted by molar-refractivity contribution is 7.15. The van der Waals surface area contributed by atoms with Gasteiger partial charge in [-0.3, -0.25) is 14.5 Å². The van der Waals surface area contributed by atoms with Gasteiger partial charge in [-0.2, -0.15) is 0 Å². The topological polar surface area (TPSA) is 71.5 Å². The SMILES string of the molecule is CCc1nc(NC(=O)CN2CCCC2C(=O)OC)sc1C. The summed E-state index contributed by atoms with van der Waals surface area (Å²) in [7, 11) is 1.38. The number of aryl methyl sites for hydroxylation is 2. The molecule has 7 heteroatoms. The molecule has 1 aliphatic heterocycles. The van der Waals surface area contributed by atoms with Crippen LogP contribution in [0.2, 0.25) is 0 Å². The van der Waals surface area contributed by atoms with E-state index in [1.807, 2.05) is 18.7 Å². The van der Waals surface area contributed by atoms with E-state index in [9.17, 15) is 9.59 Å². The van der Waals surface area contributed by atoms with E-state index >= 15 is 0 Å². The quantitative estimate of drug-likeness (QED) is 0.836. The number of nitrogens with one attached hydrogen (secondary N) is 1. The monoisotopic (exact) mass is 311 g/mol. The number of aromatic nitrogens is 1. The van der Waals surface area contributed by atoms with Crippen LogP contribution in [0.1, 0.15) is 30.3 Å². The van der Waals surface area contributed by atoms with Crippen LogP contribution in [0.4, 0.5) is 5.13 Å². The zero-order valence-corrected chi connectivity index (χ0v) is 13.5. The van der Waals surface area contributed by atoms with E-state index in [1.54, 1.807) is 0 Å². The maximum absolute atomic E-state index is 12.1. The summed E-state index contributed by atoms with van der Waals surface area (Å²) in [6.45, 7) is 4.98. The lowest BCUT2D eigenvalue weighted by atomic mass is 10.2. The van der Waals surface area contributed by atoms with E-state index in [1.165, 1.54) is 18.4 Å². The molecule has 0 spiro atoms. The summed E-state index contributed by atoms with van der Waals surface area (Å²) < 4.78 is 4.78. The molecular weight excluding hydrogens is 290 g/mol. The molecule has 6 nitrogen and oxygen atoms in total. The van der Waals surface area contributed by atoms with Crippen molar-refractivity contribution in [3.05, 3.63) is 10.6 Å². The van der Waals surface area contributed by atoms with Gasteiger partial charge in [0.05, 0.1) is 19.3 Å². The molecule has 21 heavy (non-hydrogen) atoms. The van der Waals surface area contributed by atoms with Gasteiger partial charge in [0.15, 0.2) is 5.13 Å². The second kappa shape index (κ2) is 7.00. The molecule has 1 amide bonds. The Morgan fingerprint density at radius 2 is 2.29 bits per heavy atom. The third-order valence-electron chi connectivity index (χ3n) is 3.66. The zero-order valence-electron chi connectivity index (χ0n) is 12.6. The largest absolute Gasteiger partial charge is 0.468 e. The van der Waals surface area contributed by atoms with Crippen LogP contribution in [0.3, 0.4) is 0 Å². The van der Waals surface area contributed by atoms with Crippen LogP contribution in [0, 0.1) is 6.92 Å². The number of anilines is 1. The summed E-state index contributed by atoms with van der Waals surface area (Å²) in [5.41, 5.74) is 1.02. The van der Waals surface area contributed by atoms with Crippen molar-refractivity contribution in [3.63, 3.8) is 0 Å². The Kier molecular flexibility index (Phi) is 5.30. The summed E-state index contributed by atoms with van der Waals surface area (Å²) >= 11 is 1.48. The Hall–Kier alpha value is -1.47. The van der Waals surface area contributed by atoms with Crippen LogP contribution in [-0.2, 0) is 20.7 Å². The van der Waals surface area contributed by atoms with Crippen molar-refractivity contribution in [2.75, 3.05) is 25.5 Å². The molecular formula is C14H21N3O3S. The standard InChI is InChI=1S/C14H21N3O3S/c1-4-10-9(2)21-14(15-10)16-12(18)8-17-7-5-6-11(17)13(19)20-3/h11H,4-8H2,1-3H3,(H,15,16,18). The molecule has 1 atom stereocenters. The number of thiazole rings is 1. The highest BCUT2D eigenvalue weighted by atomic mass is 32.1. The van der Waals surface area contributed by atoms with Crippen molar-refractivity contribution in [1.29, 1.82) is 0 Å². The molecule has 1 aromatic heterocycles. The summed E-state index contributed by atoms with van der Waals surface area (Å²) in [6.07, 6.45) is 2.51. The Morgan fingerprint density at radius 1 is 1.52 bits per heavy atom. The molecule has 0 aliphatic carbocycles. The van der Waals surface area contributed by atoms with Gasteiger partial charge < -0.3 is 10.1 Å². The lowest BCUT2D eigenvalue weighted by Gasteiger charge is -2.21. The molecule has 1 saturated heterocycles. The lowest BCUT2D eigenvalue weighted by molar-refractivity contribution is -0.146. The fourth-order valence-electron chi connectivity index (χ4n) is 2.57. The number of carbonyl (C=O) groups excluding carboxylic acids is 2. The van der Waals surface area contributed by atoms with E-state index in [4.69, 9.17) is 4.74 Å². The molecule has 0 saturated carbocycles. The highest BCUT2D eigenvalue weighted by Gasteiger charge is 2.32. The average molecular weight is 311 g/mol. The minimum atomic E-state index is -0.301. The first-order valence-electron chi connectivity index (χ1n) is 7.13. The van der Waals surface area contributed by atoms with E-state index < -0.39 is 0 Å². The average Bonchev–Trinajstić information content (AvgIpc) is 3.04. The fourth-order valence-corrected chi connectivity index (χ4v) is 3.49. The normalized spacial score (nSPS) is 18.7. The van der Waals surface area contributed by atoms with Crippen LogP contribution in [-0.4, -0.2) is 48.0 Å². The van der Waals surface area contributed by atoms with Gasteiger partial charge in [0.2, 0.25) is 5.91 Å². The van der Waals surface area contributed by atoms with Crippen LogP contribution < -0.4 is 5.32 Å². The zero-order chi connectivity index (χ0) is 15.4. The Labute approximate surface area is 128 Å². The predicted molar refractivity (Wildman–Crippen MR) is 81.5 cm³/mol. The van der Waals surface area contributed by atoms with Crippen molar-refractivity contribution >= 4 is 28.3 Å². The molecule has 1 fully saturated rings. The number of likely N-dealkylation sites (tertiary alicyclic amines) is 1. The molecule has 116 valence electrons. The predicted octanol–water partition coefficient (Wildman–Crippen LogP) is 1.59. The molecule has 1 aliphatic rings. The smallest absolute Gasteiger partial charge is 0.323 e. The Bertz CT molecular complexity index is 530. The fraction of sp³-hybridized carbons (Fsp3) is 0.643. The van der Waals surface area contributed by atoms with E-state index in [-0.39, 0.29) is 24.5 Å². The Morgan fingerprint density at radius 3 is 2.90 bits per heavy atom. The van der Waals surface area contributed by atoms with Crippen molar-refractivity contribution < 1.29 is 14.3 Å². The number of nitrogens with zero attached hydrogens (tertiary/aromatic N) is 2. The lowest BCUT2D eigenvalue weighted by Crippen LogP contribution is -2.41. The number of carbonyl (C=O) groups is 2. The number of ether oxygens (including phenoxy) is 1. The number of hydrogen-bond donors (Lipinski definition) is 1. The minimum absolute atomic E-state index is 0.137. The molecule has 1 unspecified atom stereocenters. The number of hydrogen-bond acceptors (Lipinski definition) is 6. The number of rotatable bonds is 5. The first kappa shape index (κ1) is 15.9. The maximum atomic E-state index is 12.1. The van der Waals surface area contributed by atoms with Crippen molar-refractivity contribution in [1.82, 2.24) is 9.88 Å². The molecule has 2 heterocycles. The van der Waals surface area contributed by atoms with Gasteiger partial charge in [0.1, 0.15) is 6.04 Å². The first-order chi connectivity index (χ1) is 10.0. The van der Waals surface area contributed by atoms with Crippen molar-refractivity contribution in [3.8, 4) is 0 Å². The van der Waals surface area contributed by atoms with Gasteiger partial charge in [-0.25, -0.2) is 4.98 Å². The van der Waals surface area contributed by atoms with Gasteiger partial charge in [-0.15, -0.1) is 11.3 Å². The summed E-state index contributed by atoms with van der Waals surface area (Å²) in [4.78, 5) is 31.1. The number of amides is 1. The van der Waals surface area contributed by atoms with E-state index in [0.717, 1.165) is 36.4 Å². The van der Waals surface area contributed by atoms with Crippen LogP contribution >= 0.6 is 11.3 Å². The van der Waals surface area contributed by atoms with Crippen molar-refractivity contribution in [2.45, 2.75) is 39.2 Å². The third kappa shape index (κ3) is 3.79. The molecule has 0 aromatic carbocycles. The molecule has 2 rings (SSSR count). The molecule has 1 aromatic rings. The van der Waals surface area contributed by atoms with Gasteiger partial charge >= 0.3 is 5.97 Å². The second-order valence-corrected chi connectivity index (χ2v) is 6.28. The third-order valence-corrected chi connectivity index (χ3v) is 4.59. The van der Waals surface area contributed by atoms with Gasteiger partial charge in [0.25, 0.3) is 0 Å². The Balaban J connectivity index is 1.93.